The van der Waals surface area contributed by atoms with E-state index in [0.717, 1.165) is 22.2 Å². The molecule has 0 aromatic heterocycles. The van der Waals surface area contributed by atoms with Gasteiger partial charge in [-0.2, -0.15) is 0 Å². The number of alkyl halides is 1. The highest BCUT2D eigenvalue weighted by atomic mass is 79.9. The summed E-state index contributed by atoms with van der Waals surface area (Å²) < 4.78 is 27.6. The Morgan fingerprint density at radius 2 is 1.78 bits per heavy atom. The lowest BCUT2D eigenvalue weighted by atomic mass is 10.0. The molecule has 0 spiro atoms. The molecule has 0 fully saturated rings. The lowest BCUT2D eigenvalue weighted by Gasteiger charge is -2.13. The van der Waals surface area contributed by atoms with Crippen molar-refractivity contribution in [1.82, 2.24) is 0 Å². The Bertz CT molecular complexity index is 567. The van der Waals surface area contributed by atoms with E-state index < -0.39 is 16.5 Å². The minimum atomic E-state index is -0.475. The monoisotopic (exact) mass is 394 g/mol. The summed E-state index contributed by atoms with van der Waals surface area (Å²) in [4.78, 5) is -0.455. The summed E-state index contributed by atoms with van der Waals surface area (Å²) in [5.74, 6) is -0.939. The first-order valence-electron chi connectivity index (χ1n) is 5.02. The molecule has 0 heterocycles. The Hall–Kier alpha value is -0.450. The fraction of sp³-hybridized carbons (Fsp3) is 0.0769. The van der Waals surface area contributed by atoms with Crippen molar-refractivity contribution in [3.05, 3.63) is 68.7 Å². The van der Waals surface area contributed by atoms with E-state index in [9.17, 15) is 8.78 Å². The standard InChI is InChI=1S/C13H7Br2ClF2/c14-8-3-7(4-9(16)5-8)13(15)11-6-10(17)1-2-12(11)18/h1-6,13H. The lowest BCUT2D eigenvalue weighted by molar-refractivity contribution is 0.588. The summed E-state index contributed by atoms with van der Waals surface area (Å²) in [6, 6.07) is 8.60. The van der Waals surface area contributed by atoms with Crippen LogP contribution < -0.4 is 0 Å². The molecular formula is C13H7Br2ClF2. The summed E-state index contributed by atoms with van der Waals surface area (Å²) in [6.45, 7) is 0. The number of halogens is 5. The predicted octanol–water partition coefficient (Wildman–Crippen LogP) is 5.87. The number of benzene rings is 2. The minimum Gasteiger partial charge on any atom is -0.207 e. The van der Waals surface area contributed by atoms with Crippen LogP contribution >= 0.6 is 43.5 Å². The van der Waals surface area contributed by atoms with E-state index in [2.05, 4.69) is 31.9 Å². The lowest BCUT2D eigenvalue weighted by Crippen LogP contribution is -1.97. The van der Waals surface area contributed by atoms with Gasteiger partial charge in [0.05, 0.1) is 4.83 Å². The quantitative estimate of drug-likeness (QED) is 0.558. The maximum atomic E-state index is 13.7. The molecule has 0 saturated carbocycles. The Labute approximate surface area is 125 Å². The van der Waals surface area contributed by atoms with Gasteiger partial charge in [-0.05, 0) is 42.0 Å². The third-order valence-corrected chi connectivity index (χ3v) is 4.11. The molecule has 0 amide bonds. The smallest absolute Gasteiger partial charge is 0.128 e. The van der Waals surface area contributed by atoms with E-state index in [4.69, 9.17) is 11.6 Å². The molecule has 0 aliphatic carbocycles. The van der Waals surface area contributed by atoms with Gasteiger partial charge in [0.15, 0.2) is 0 Å². The predicted molar refractivity (Wildman–Crippen MR) is 76.3 cm³/mol. The summed E-state index contributed by atoms with van der Waals surface area (Å²) in [6.07, 6.45) is 0. The molecule has 0 aliphatic rings. The summed E-state index contributed by atoms with van der Waals surface area (Å²) in [7, 11) is 0. The van der Waals surface area contributed by atoms with Gasteiger partial charge in [0.25, 0.3) is 0 Å². The zero-order chi connectivity index (χ0) is 13.3. The van der Waals surface area contributed by atoms with Gasteiger partial charge < -0.3 is 0 Å². The molecule has 1 atom stereocenters. The van der Waals surface area contributed by atoms with Gasteiger partial charge in [-0.15, -0.1) is 0 Å². The topological polar surface area (TPSA) is 0 Å². The Kier molecular flexibility index (Phi) is 4.41. The van der Waals surface area contributed by atoms with Crippen LogP contribution in [0, 0.1) is 11.6 Å². The highest BCUT2D eigenvalue weighted by Gasteiger charge is 2.16. The molecule has 0 bridgehead atoms. The van der Waals surface area contributed by atoms with Crippen LogP contribution in [0.15, 0.2) is 40.9 Å². The van der Waals surface area contributed by atoms with Crippen LogP contribution in [-0.4, -0.2) is 0 Å². The third kappa shape index (κ3) is 3.11. The average Bonchev–Trinajstić information content (AvgIpc) is 2.30. The highest BCUT2D eigenvalue weighted by molar-refractivity contribution is 9.10. The van der Waals surface area contributed by atoms with Crippen LogP contribution in [0.5, 0.6) is 0 Å². The Balaban J connectivity index is 2.47. The number of hydrogen-bond acceptors (Lipinski definition) is 0. The molecule has 0 radical (unpaired) electrons. The Morgan fingerprint density at radius 3 is 2.44 bits per heavy atom. The molecule has 1 unspecified atom stereocenters. The van der Waals surface area contributed by atoms with Gasteiger partial charge in [-0.25, -0.2) is 8.78 Å². The molecular weight excluding hydrogens is 389 g/mol. The minimum absolute atomic E-state index is 0.240. The SMILES string of the molecule is Fc1ccc(F)c(C(Br)c2cc(Cl)cc(Br)c2)c1. The maximum Gasteiger partial charge on any atom is 0.128 e. The second-order valence-electron chi connectivity index (χ2n) is 3.73. The highest BCUT2D eigenvalue weighted by Crippen LogP contribution is 2.35. The maximum absolute atomic E-state index is 13.7. The van der Waals surface area contributed by atoms with Gasteiger partial charge in [0.2, 0.25) is 0 Å². The van der Waals surface area contributed by atoms with Crippen molar-refractivity contribution in [2.45, 2.75) is 4.83 Å². The van der Waals surface area contributed by atoms with Gasteiger partial charge in [0.1, 0.15) is 11.6 Å². The van der Waals surface area contributed by atoms with Crippen molar-refractivity contribution in [3.8, 4) is 0 Å². The first-order valence-corrected chi connectivity index (χ1v) is 7.11. The summed E-state index contributed by atoms with van der Waals surface area (Å²) in [5.41, 5.74) is 0.989. The van der Waals surface area contributed by atoms with Crippen LogP contribution in [0.3, 0.4) is 0 Å². The molecule has 5 heteroatoms. The normalized spacial score (nSPS) is 12.5. The van der Waals surface area contributed by atoms with Gasteiger partial charge >= 0.3 is 0 Å². The molecule has 0 N–H and O–H groups in total. The molecule has 2 rings (SSSR count). The van der Waals surface area contributed by atoms with Crippen LogP contribution in [0.2, 0.25) is 5.02 Å². The van der Waals surface area contributed by atoms with Crippen molar-refractivity contribution in [2.24, 2.45) is 0 Å². The molecule has 2 aromatic carbocycles. The average molecular weight is 396 g/mol. The fourth-order valence-electron chi connectivity index (χ4n) is 1.61. The van der Waals surface area contributed by atoms with Crippen LogP contribution in [0.1, 0.15) is 16.0 Å². The van der Waals surface area contributed by atoms with Crippen molar-refractivity contribution < 1.29 is 8.78 Å². The molecule has 18 heavy (non-hydrogen) atoms. The molecule has 2 aromatic rings. The van der Waals surface area contributed by atoms with Gasteiger partial charge in [-0.3, -0.25) is 0 Å². The van der Waals surface area contributed by atoms with E-state index in [-0.39, 0.29) is 5.56 Å². The second-order valence-corrected chi connectivity index (χ2v) is 6.00. The van der Waals surface area contributed by atoms with E-state index in [1.165, 1.54) is 6.07 Å². The van der Waals surface area contributed by atoms with E-state index >= 15 is 0 Å². The molecule has 0 nitrogen and oxygen atoms in total. The number of rotatable bonds is 2. The van der Waals surface area contributed by atoms with Crippen LogP contribution in [0.25, 0.3) is 0 Å². The summed E-state index contributed by atoms with van der Waals surface area (Å²) >= 11 is 12.6. The molecule has 0 aliphatic heterocycles. The first-order chi connectivity index (χ1) is 8.47. The molecule has 0 saturated heterocycles. The van der Waals surface area contributed by atoms with Crippen molar-refractivity contribution in [2.75, 3.05) is 0 Å². The second kappa shape index (κ2) is 5.68. The van der Waals surface area contributed by atoms with E-state index in [0.29, 0.717) is 5.02 Å². The number of hydrogen-bond donors (Lipinski definition) is 0. The van der Waals surface area contributed by atoms with E-state index in [1.807, 2.05) is 0 Å². The third-order valence-electron chi connectivity index (χ3n) is 2.41. The summed E-state index contributed by atoms with van der Waals surface area (Å²) in [5, 5.41) is 0.528. The van der Waals surface area contributed by atoms with Crippen molar-refractivity contribution in [3.63, 3.8) is 0 Å². The largest absolute Gasteiger partial charge is 0.207 e. The fourth-order valence-corrected chi connectivity index (χ4v) is 3.11. The zero-order valence-electron chi connectivity index (χ0n) is 8.93. The van der Waals surface area contributed by atoms with Crippen LogP contribution in [0.4, 0.5) is 8.78 Å². The van der Waals surface area contributed by atoms with Gasteiger partial charge in [-0.1, -0.05) is 43.5 Å². The van der Waals surface area contributed by atoms with Crippen LogP contribution in [-0.2, 0) is 0 Å². The van der Waals surface area contributed by atoms with E-state index in [1.54, 1.807) is 18.2 Å². The molecule has 94 valence electrons. The van der Waals surface area contributed by atoms with Gasteiger partial charge in [0, 0.05) is 15.1 Å². The zero-order valence-corrected chi connectivity index (χ0v) is 12.9. The first kappa shape index (κ1) is 14.0. The Morgan fingerprint density at radius 1 is 1.06 bits per heavy atom. The van der Waals surface area contributed by atoms with Crippen molar-refractivity contribution >= 4 is 43.5 Å². The van der Waals surface area contributed by atoms with Crippen molar-refractivity contribution in [1.29, 1.82) is 0 Å².